The highest BCUT2D eigenvalue weighted by atomic mass is 16.5. The first kappa shape index (κ1) is 17.7. The summed E-state index contributed by atoms with van der Waals surface area (Å²) in [4.78, 5) is 0. The van der Waals surface area contributed by atoms with E-state index in [0.29, 0.717) is 17.4 Å². The molecule has 1 heterocycles. The summed E-state index contributed by atoms with van der Waals surface area (Å²) in [6.45, 7) is 1.98. The van der Waals surface area contributed by atoms with Crippen molar-refractivity contribution < 1.29 is 9.47 Å². The Morgan fingerprint density at radius 2 is 1.54 bits per heavy atom. The van der Waals surface area contributed by atoms with Crippen LogP contribution in [0.1, 0.15) is 12.5 Å². The lowest BCUT2D eigenvalue weighted by molar-refractivity contribution is 0.374. The summed E-state index contributed by atoms with van der Waals surface area (Å²) in [5.74, 6) is 1.70. The van der Waals surface area contributed by atoms with Crippen LogP contribution in [0.2, 0.25) is 0 Å². The van der Waals surface area contributed by atoms with Crippen LogP contribution in [-0.2, 0) is 0 Å². The molecule has 0 fully saturated rings. The molecule has 0 aliphatic carbocycles. The summed E-state index contributed by atoms with van der Waals surface area (Å²) in [6, 6.07) is 23.8. The van der Waals surface area contributed by atoms with E-state index >= 15 is 0 Å². The maximum Gasteiger partial charge on any atom is 0.246 e. The van der Waals surface area contributed by atoms with E-state index in [9.17, 15) is 0 Å². The monoisotopic (exact) mass is 368 g/mol. The zero-order chi connectivity index (χ0) is 19.3. The molecule has 0 radical (unpaired) electrons. The first-order chi connectivity index (χ1) is 13.8. The van der Waals surface area contributed by atoms with Crippen LogP contribution in [0.3, 0.4) is 0 Å². The molecule has 0 aliphatic rings. The highest BCUT2D eigenvalue weighted by molar-refractivity contribution is 5.97. The molecule has 0 N–H and O–H groups in total. The van der Waals surface area contributed by atoms with Gasteiger partial charge >= 0.3 is 0 Å². The van der Waals surface area contributed by atoms with Gasteiger partial charge in [-0.2, -0.15) is 0 Å². The summed E-state index contributed by atoms with van der Waals surface area (Å²) in [7, 11) is 1.63. The lowest BCUT2D eigenvalue weighted by Crippen LogP contribution is -1.97. The molecule has 0 bridgehead atoms. The fourth-order valence-corrected chi connectivity index (χ4v) is 3.13. The van der Waals surface area contributed by atoms with E-state index in [0.717, 1.165) is 27.6 Å². The van der Waals surface area contributed by atoms with Crippen LogP contribution in [0, 0.1) is 0 Å². The number of hydrogen-bond donors (Lipinski definition) is 0. The van der Waals surface area contributed by atoms with E-state index in [1.54, 1.807) is 7.11 Å². The second kappa shape index (κ2) is 7.92. The van der Waals surface area contributed by atoms with Crippen LogP contribution in [0.5, 0.6) is 17.4 Å². The average molecular weight is 368 g/mol. The Hall–Kier alpha value is -3.66. The molecule has 4 rings (SSSR count). The van der Waals surface area contributed by atoms with Crippen LogP contribution >= 0.6 is 0 Å². The number of rotatable bonds is 5. The van der Waals surface area contributed by atoms with Gasteiger partial charge in [0.25, 0.3) is 0 Å². The number of fused-ring (bicyclic) bond motifs is 1. The third kappa shape index (κ3) is 3.45. The first-order valence-electron chi connectivity index (χ1n) is 9.09. The SMILES string of the molecule is C/C=C/c1ccc(Oc2nnc(-c3ccccc3)c3ccccc23)c(OC)c1. The normalized spacial score (nSPS) is 11.1. The molecular formula is C24H20N2O2. The van der Waals surface area contributed by atoms with E-state index in [1.807, 2.05) is 91.9 Å². The maximum atomic E-state index is 6.11. The largest absolute Gasteiger partial charge is 0.493 e. The van der Waals surface area contributed by atoms with E-state index < -0.39 is 0 Å². The molecule has 28 heavy (non-hydrogen) atoms. The predicted molar refractivity (Wildman–Crippen MR) is 113 cm³/mol. The Bertz CT molecular complexity index is 1140. The zero-order valence-electron chi connectivity index (χ0n) is 15.8. The predicted octanol–water partition coefficient (Wildman–Crippen LogP) is 6.13. The molecule has 0 amide bonds. The van der Waals surface area contributed by atoms with Crippen LogP contribution in [0.4, 0.5) is 0 Å². The molecule has 4 nitrogen and oxygen atoms in total. The highest BCUT2D eigenvalue weighted by Crippen LogP contribution is 2.36. The molecule has 0 unspecified atom stereocenters. The molecule has 0 spiro atoms. The number of allylic oxidation sites excluding steroid dienone is 1. The Morgan fingerprint density at radius 1 is 0.786 bits per heavy atom. The lowest BCUT2D eigenvalue weighted by atomic mass is 10.1. The third-order valence-electron chi connectivity index (χ3n) is 4.45. The lowest BCUT2D eigenvalue weighted by Gasteiger charge is -2.13. The van der Waals surface area contributed by atoms with Crippen molar-refractivity contribution in [2.24, 2.45) is 0 Å². The minimum atomic E-state index is 0.451. The van der Waals surface area contributed by atoms with Crippen LogP contribution in [0.15, 0.2) is 78.9 Å². The van der Waals surface area contributed by atoms with Gasteiger partial charge in [-0.15, -0.1) is 10.2 Å². The van der Waals surface area contributed by atoms with Crippen molar-refractivity contribution in [1.82, 2.24) is 10.2 Å². The van der Waals surface area contributed by atoms with Gasteiger partial charge in [-0.1, -0.05) is 66.7 Å². The molecule has 1 aromatic heterocycles. The molecule has 0 saturated heterocycles. The average Bonchev–Trinajstić information content (AvgIpc) is 2.75. The summed E-state index contributed by atoms with van der Waals surface area (Å²) >= 11 is 0. The number of nitrogens with zero attached hydrogens (tertiary/aromatic N) is 2. The Labute approximate surface area is 164 Å². The van der Waals surface area contributed by atoms with Crippen LogP contribution in [-0.4, -0.2) is 17.3 Å². The minimum Gasteiger partial charge on any atom is -0.493 e. The summed E-state index contributed by atoms with van der Waals surface area (Å²) < 4.78 is 11.6. The number of hydrogen-bond acceptors (Lipinski definition) is 4. The minimum absolute atomic E-state index is 0.451. The quantitative estimate of drug-likeness (QED) is 0.425. The van der Waals surface area contributed by atoms with Crippen molar-refractivity contribution in [2.45, 2.75) is 6.92 Å². The van der Waals surface area contributed by atoms with Crippen molar-refractivity contribution in [2.75, 3.05) is 7.11 Å². The smallest absolute Gasteiger partial charge is 0.246 e. The van der Waals surface area contributed by atoms with Gasteiger partial charge in [-0.3, -0.25) is 0 Å². The van der Waals surface area contributed by atoms with Gasteiger partial charge in [0.05, 0.1) is 7.11 Å². The van der Waals surface area contributed by atoms with Crippen molar-refractivity contribution >= 4 is 16.8 Å². The molecular weight excluding hydrogens is 348 g/mol. The molecule has 0 saturated carbocycles. The molecule has 0 atom stereocenters. The zero-order valence-corrected chi connectivity index (χ0v) is 15.8. The van der Waals surface area contributed by atoms with E-state index in [2.05, 4.69) is 10.2 Å². The van der Waals surface area contributed by atoms with E-state index in [1.165, 1.54) is 0 Å². The third-order valence-corrected chi connectivity index (χ3v) is 4.45. The molecule has 4 heteroatoms. The summed E-state index contributed by atoms with van der Waals surface area (Å²) in [5.41, 5.74) is 2.90. The van der Waals surface area contributed by atoms with Crippen LogP contribution < -0.4 is 9.47 Å². The van der Waals surface area contributed by atoms with Gasteiger partial charge in [-0.05, 0) is 30.7 Å². The van der Waals surface area contributed by atoms with Gasteiger partial charge in [0.2, 0.25) is 5.88 Å². The van der Waals surface area contributed by atoms with Gasteiger partial charge in [0, 0.05) is 16.3 Å². The van der Waals surface area contributed by atoms with Crippen molar-refractivity contribution in [1.29, 1.82) is 0 Å². The second-order valence-electron chi connectivity index (χ2n) is 6.28. The Balaban J connectivity index is 1.79. The maximum absolute atomic E-state index is 6.11. The number of benzene rings is 3. The standard InChI is InChI=1S/C24H20N2O2/c1-3-9-17-14-15-21(22(16-17)27-2)28-24-20-13-8-7-12-19(20)23(25-26-24)18-10-5-4-6-11-18/h3-16H,1-2H3/b9-3+. The Kier molecular flexibility index (Phi) is 5.02. The summed E-state index contributed by atoms with van der Waals surface area (Å²) in [6.07, 6.45) is 3.99. The van der Waals surface area contributed by atoms with Crippen molar-refractivity contribution in [3.63, 3.8) is 0 Å². The number of methoxy groups -OCH3 is 1. The van der Waals surface area contributed by atoms with Crippen LogP contribution in [0.25, 0.3) is 28.1 Å². The van der Waals surface area contributed by atoms with Gasteiger partial charge in [-0.25, -0.2) is 0 Å². The fraction of sp³-hybridized carbons (Fsp3) is 0.0833. The Morgan fingerprint density at radius 3 is 2.29 bits per heavy atom. The highest BCUT2D eigenvalue weighted by Gasteiger charge is 2.14. The van der Waals surface area contributed by atoms with E-state index in [4.69, 9.17) is 9.47 Å². The molecule has 3 aromatic carbocycles. The second-order valence-corrected chi connectivity index (χ2v) is 6.28. The topological polar surface area (TPSA) is 44.2 Å². The van der Waals surface area contributed by atoms with Crippen molar-refractivity contribution in [3.05, 3.63) is 84.4 Å². The van der Waals surface area contributed by atoms with Gasteiger partial charge in [0.1, 0.15) is 5.69 Å². The number of ether oxygens (including phenoxy) is 2. The molecule has 0 aliphatic heterocycles. The van der Waals surface area contributed by atoms with Gasteiger partial charge < -0.3 is 9.47 Å². The summed E-state index contributed by atoms with van der Waals surface area (Å²) in [5, 5.41) is 10.7. The molecule has 138 valence electrons. The fourth-order valence-electron chi connectivity index (χ4n) is 3.13. The first-order valence-corrected chi connectivity index (χ1v) is 9.09. The van der Waals surface area contributed by atoms with Crippen molar-refractivity contribution in [3.8, 4) is 28.6 Å². The molecule has 4 aromatic rings. The number of aromatic nitrogens is 2. The van der Waals surface area contributed by atoms with E-state index in [-0.39, 0.29) is 0 Å². The van der Waals surface area contributed by atoms with Gasteiger partial charge in [0.15, 0.2) is 11.5 Å².